The molecule has 1 aliphatic carbocycles. The van der Waals surface area contributed by atoms with Crippen LogP contribution in [0.2, 0.25) is 0 Å². The molecule has 3 atom stereocenters. The fraction of sp³-hybridized carbons (Fsp3) is 0.667. The Hall–Kier alpha value is -1.06. The number of piperidine rings is 1. The van der Waals surface area contributed by atoms with E-state index in [1.807, 2.05) is 12.1 Å². The van der Waals surface area contributed by atoms with Gasteiger partial charge in [0.25, 0.3) is 0 Å². The molecule has 3 unspecified atom stereocenters. The van der Waals surface area contributed by atoms with Crippen LogP contribution in [0.4, 0.5) is 0 Å². The number of para-hydroxylation sites is 1. The van der Waals surface area contributed by atoms with Crippen molar-refractivity contribution in [1.82, 2.24) is 10.6 Å². The zero-order valence-corrected chi connectivity index (χ0v) is 13.1. The zero-order chi connectivity index (χ0) is 14.5. The molecule has 0 amide bonds. The number of hydrogen-bond acceptors (Lipinski definition) is 3. The topological polar surface area (TPSA) is 33.3 Å². The van der Waals surface area contributed by atoms with Gasteiger partial charge in [-0.25, -0.2) is 0 Å². The van der Waals surface area contributed by atoms with Crippen LogP contribution < -0.4 is 15.4 Å². The number of benzene rings is 1. The first-order valence-corrected chi connectivity index (χ1v) is 8.47. The molecule has 3 rings (SSSR count). The summed E-state index contributed by atoms with van der Waals surface area (Å²) in [5, 5.41) is 7.55. The minimum Gasteiger partial charge on any atom is -0.496 e. The lowest BCUT2D eigenvalue weighted by molar-refractivity contribution is 0.256. The summed E-state index contributed by atoms with van der Waals surface area (Å²) in [6.45, 7) is 2.12. The Morgan fingerprint density at radius 2 is 2.05 bits per heavy atom. The van der Waals surface area contributed by atoms with Crippen LogP contribution in [0, 0.1) is 5.92 Å². The number of methoxy groups -OCH3 is 1. The maximum Gasteiger partial charge on any atom is 0.123 e. The molecule has 2 fully saturated rings. The smallest absolute Gasteiger partial charge is 0.123 e. The van der Waals surface area contributed by atoms with Crippen LogP contribution in [0.25, 0.3) is 0 Å². The third-order valence-corrected chi connectivity index (χ3v) is 5.18. The number of hydrogen-bond donors (Lipinski definition) is 2. The van der Waals surface area contributed by atoms with Crippen molar-refractivity contribution in [3.8, 4) is 5.75 Å². The summed E-state index contributed by atoms with van der Waals surface area (Å²) < 4.78 is 5.45. The molecule has 2 aliphatic rings. The van der Waals surface area contributed by atoms with Gasteiger partial charge in [0.15, 0.2) is 0 Å². The van der Waals surface area contributed by atoms with Crippen LogP contribution in [0.1, 0.15) is 44.1 Å². The van der Waals surface area contributed by atoms with Crippen molar-refractivity contribution in [2.45, 2.75) is 57.2 Å². The molecule has 3 heteroatoms. The molecule has 3 nitrogen and oxygen atoms in total. The Labute approximate surface area is 128 Å². The van der Waals surface area contributed by atoms with Gasteiger partial charge in [0.1, 0.15) is 5.75 Å². The first-order chi connectivity index (χ1) is 10.4. The van der Waals surface area contributed by atoms with Gasteiger partial charge in [0, 0.05) is 24.2 Å². The lowest BCUT2D eigenvalue weighted by Gasteiger charge is -2.33. The normalized spacial score (nSPS) is 29.5. The minimum absolute atomic E-state index is 0.658. The molecule has 0 aromatic heterocycles. The van der Waals surface area contributed by atoms with E-state index in [1.165, 1.54) is 50.6 Å². The highest BCUT2D eigenvalue weighted by Crippen LogP contribution is 2.32. The minimum atomic E-state index is 0.658. The Morgan fingerprint density at radius 1 is 1.14 bits per heavy atom. The molecule has 0 radical (unpaired) electrons. The molecule has 0 bridgehead atoms. The van der Waals surface area contributed by atoms with Crippen LogP contribution in [0.3, 0.4) is 0 Å². The SMILES string of the molecule is COc1ccccc1CNC1CCCC1C1CCCCN1. The molecule has 1 aliphatic heterocycles. The first-order valence-electron chi connectivity index (χ1n) is 8.47. The van der Waals surface area contributed by atoms with Crippen molar-refractivity contribution < 1.29 is 4.74 Å². The quantitative estimate of drug-likeness (QED) is 0.873. The Bertz CT molecular complexity index is 443. The molecule has 1 heterocycles. The highest BCUT2D eigenvalue weighted by atomic mass is 16.5. The van der Waals surface area contributed by atoms with E-state index in [2.05, 4.69) is 22.8 Å². The van der Waals surface area contributed by atoms with E-state index in [9.17, 15) is 0 Å². The molecular weight excluding hydrogens is 260 g/mol. The average Bonchev–Trinajstić information content (AvgIpc) is 3.02. The predicted octanol–water partition coefficient (Wildman–Crippen LogP) is 3.10. The average molecular weight is 288 g/mol. The van der Waals surface area contributed by atoms with Crippen LogP contribution in [-0.2, 0) is 6.54 Å². The molecule has 1 aromatic rings. The molecular formula is C18H28N2O. The van der Waals surface area contributed by atoms with Crippen LogP contribution >= 0.6 is 0 Å². The summed E-state index contributed by atoms with van der Waals surface area (Å²) in [7, 11) is 1.75. The predicted molar refractivity (Wildman–Crippen MR) is 86.6 cm³/mol. The Balaban J connectivity index is 1.58. The van der Waals surface area contributed by atoms with Crippen LogP contribution in [0.15, 0.2) is 24.3 Å². The molecule has 2 N–H and O–H groups in total. The van der Waals surface area contributed by atoms with Gasteiger partial charge in [-0.15, -0.1) is 0 Å². The van der Waals surface area contributed by atoms with Crippen molar-refractivity contribution in [3.63, 3.8) is 0 Å². The molecule has 0 spiro atoms. The third-order valence-electron chi connectivity index (χ3n) is 5.18. The second kappa shape index (κ2) is 7.28. The summed E-state index contributed by atoms with van der Waals surface area (Å²) in [6, 6.07) is 9.73. The van der Waals surface area contributed by atoms with E-state index in [1.54, 1.807) is 7.11 Å². The second-order valence-corrected chi connectivity index (χ2v) is 6.45. The Kier molecular flexibility index (Phi) is 5.15. The maximum absolute atomic E-state index is 5.45. The Morgan fingerprint density at radius 3 is 2.86 bits per heavy atom. The summed E-state index contributed by atoms with van der Waals surface area (Å²) >= 11 is 0. The van der Waals surface area contributed by atoms with E-state index in [-0.39, 0.29) is 0 Å². The lowest BCUT2D eigenvalue weighted by Crippen LogP contribution is -2.46. The summed E-state index contributed by atoms with van der Waals surface area (Å²) in [6.07, 6.45) is 8.17. The van der Waals surface area contributed by atoms with Gasteiger partial charge in [-0.2, -0.15) is 0 Å². The second-order valence-electron chi connectivity index (χ2n) is 6.45. The van der Waals surface area contributed by atoms with E-state index < -0.39 is 0 Å². The number of ether oxygens (including phenoxy) is 1. The van der Waals surface area contributed by atoms with E-state index in [4.69, 9.17) is 4.74 Å². The largest absolute Gasteiger partial charge is 0.496 e. The van der Waals surface area contributed by atoms with Gasteiger partial charge < -0.3 is 15.4 Å². The van der Waals surface area contributed by atoms with Crippen molar-refractivity contribution in [2.75, 3.05) is 13.7 Å². The van der Waals surface area contributed by atoms with Crippen molar-refractivity contribution in [2.24, 2.45) is 5.92 Å². The monoisotopic (exact) mass is 288 g/mol. The van der Waals surface area contributed by atoms with E-state index in [0.29, 0.717) is 6.04 Å². The number of rotatable bonds is 5. The van der Waals surface area contributed by atoms with Gasteiger partial charge in [0.2, 0.25) is 0 Å². The summed E-state index contributed by atoms with van der Waals surface area (Å²) in [5.41, 5.74) is 1.27. The van der Waals surface area contributed by atoms with Crippen LogP contribution in [0.5, 0.6) is 5.75 Å². The van der Waals surface area contributed by atoms with Crippen LogP contribution in [-0.4, -0.2) is 25.7 Å². The fourth-order valence-electron chi connectivity index (χ4n) is 4.06. The van der Waals surface area contributed by atoms with Gasteiger partial charge in [-0.1, -0.05) is 31.0 Å². The summed E-state index contributed by atoms with van der Waals surface area (Å²) in [4.78, 5) is 0. The zero-order valence-electron chi connectivity index (χ0n) is 13.1. The van der Waals surface area contributed by atoms with Gasteiger partial charge in [-0.3, -0.25) is 0 Å². The van der Waals surface area contributed by atoms with Crippen molar-refractivity contribution >= 4 is 0 Å². The molecule has 21 heavy (non-hydrogen) atoms. The number of nitrogens with one attached hydrogen (secondary N) is 2. The fourth-order valence-corrected chi connectivity index (χ4v) is 4.06. The van der Waals surface area contributed by atoms with Gasteiger partial charge in [0.05, 0.1) is 7.11 Å². The summed E-state index contributed by atoms with van der Waals surface area (Å²) in [5.74, 6) is 1.80. The molecule has 1 saturated heterocycles. The van der Waals surface area contributed by atoms with E-state index in [0.717, 1.165) is 24.3 Å². The van der Waals surface area contributed by atoms with Gasteiger partial charge in [-0.05, 0) is 44.2 Å². The first kappa shape index (κ1) is 14.9. The molecule has 1 aromatic carbocycles. The highest BCUT2D eigenvalue weighted by molar-refractivity contribution is 5.33. The van der Waals surface area contributed by atoms with Crippen molar-refractivity contribution in [1.29, 1.82) is 0 Å². The lowest BCUT2D eigenvalue weighted by atomic mass is 9.88. The van der Waals surface area contributed by atoms with Crippen molar-refractivity contribution in [3.05, 3.63) is 29.8 Å². The van der Waals surface area contributed by atoms with E-state index >= 15 is 0 Å². The molecule has 1 saturated carbocycles. The maximum atomic E-state index is 5.45. The molecule has 116 valence electrons. The van der Waals surface area contributed by atoms with Gasteiger partial charge >= 0.3 is 0 Å². The standard InChI is InChI=1S/C18H28N2O/c1-21-18-11-3-2-7-14(18)13-20-17-10-6-8-15(17)16-9-4-5-12-19-16/h2-3,7,11,15-17,19-20H,4-6,8-10,12-13H2,1H3. The highest BCUT2D eigenvalue weighted by Gasteiger charge is 2.33. The third kappa shape index (κ3) is 3.58.